The normalized spacial score (nSPS) is 10.2. The van der Waals surface area contributed by atoms with E-state index in [-0.39, 0.29) is 6.03 Å². The third-order valence-corrected chi connectivity index (χ3v) is 3.01. The van der Waals surface area contributed by atoms with Crippen LogP contribution in [-0.4, -0.2) is 18.1 Å². The molecule has 0 aliphatic carbocycles. The summed E-state index contributed by atoms with van der Waals surface area (Å²) in [5.74, 6) is 0.531. The van der Waals surface area contributed by atoms with Crippen molar-refractivity contribution in [3.8, 4) is 0 Å². The maximum atomic E-state index is 11.8. The lowest BCUT2D eigenvalue weighted by atomic mass is 10.1. The van der Waals surface area contributed by atoms with E-state index in [1.807, 2.05) is 37.3 Å². The summed E-state index contributed by atoms with van der Waals surface area (Å²) in [7, 11) is 1.65. The second-order valence-corrected chi connectivity index (χ2v) is 4.73. The Bertz CT molecular complexity index is 597. The summed E-state index contributed by atoms with van der Waals surface area (Å²) >= 11 is 0. The Morgan fingerprint density at radius 2 is 1.95 bits per heavy atom. The molecular weight excluding hydrogens is 266 g/mol. The van der Waals surface area contributed by atoms with Gasteiger partial charge in [0.2, 0.25) is 0 Å². The zero-order valence-corrected chi connectivity index (χ0v) is 12.2. The van der Waals surface area contributed by atoms with E-state index in [1.54, 1.807) is 19.4 Å². The smallest absolute Gasteiger partial charge is 0.320 e. The van der Waals surface area contributed by atoms with Crippen molar-refractivity contribution < 1.29 is 9.53 Å². The number of amides is 2. The van der Waals surface area contributed by atoms with Crippen molar-refractivity contribution in [2.75, 3.05) is 12.4 Å². The summed E-state index contributed by atoms with van der Waals surface area (Å²) in [6, 6.07) is 11.2. The van der Waals surface area contributed by atoms with Crippen molar-refractivity contribution in [1.29, 1.82) is 0 Å². The highest BCUT2D eigenvalue weighted by Gasteiger charge is 2.05. The molecule has 0 spiro atoms. The van der Waals surface area contributed by atoms with Gasteiger partial charge in [0.1, 0.15) is 5.82 Å². The lowest BCUT2D eigenvalue weighted by molar-refractivity contribution is 0.184. The van der Waals surface area contributed by atoms with Crippen LogP contribution < -0.4 is 10.6 Å². The fourth-order valence-corrected chi connectivity index (χ4v) is 1.90. The van der Waals surface area contributed by atoms with Gasteiger partial charge in [-0.3, -0.25) is 5.32 Å². The first-order valence-electron chi connectivity index (χ1n) is 6.72. The highest BCUT2D eigenvalue weighted by Crippen LogP contribution is 2.10. The molecule has 0 saturated heterocycles. The maximum absolute atomic E-state index is 11.8. The lowest BCUT2D eigenvalue weighted by Gasteiger charge is -2.10. The highest BCUT2D eigenvalue weighted by atomic mass is 16.5. The van der Waals surface area contributed by atoms with Crippen LogP contribution in [0.1, 0.15) is 16.7 Å². The minimum absolute atomic E-state index is 0.279. The van der Waals surface area contributed by atoms with Gasteiger partial charge in [-0.25, -0.2) is 9.78 Å². The predicted molar refractivity (Wildman–Crippen MR) is 82.0 cm³/mol. The number of nitrogens with one attached hydrogen (secondary N) is 2. The minimum Gasteiger partial charge on any atom is -0.380 e. The first kappa shape index (κ1) is 15.0. The number of pyridine rings is 1. The lowest BCUT2D eigenvalue weighted by Crippen LogP contribution is -2.28. The average Bonchev–Trinajstić information content (AvgIpc) is 2.49. The Kier molecular flexibility index (Phi) is 5.29. The fourth-order valence-electron chi connectivity index (χ4n) is 1.90. The number of aryl methyl sites for hydroxylation is 1. The molecule has 0 saturated carbocycles. The van der Waals surface area contributed by atoms with Crippen molar-refractivity contribution in [3.63, 3.8) is 0 Å². The first-order chi connectivity index (χ1) is 10.2. The minimum atomic E-state index is -0.279. The van der Waals surface area contributed by atoms with Gasteiger partial charge in [-0.05, 0) is 29.7 Å². The Morgan fingerprint density at radius 1 is 1.19 bits per heavy atom. The van der Waals surface area contributed by atoms with Crippen molar-refractivity contribution in [2.24, 2.45) is 0 Å². The SMILES string of the molecule is COCc1ccccc1CNC(=O)Nc1ccc(C)cn1. The summed E-state index contributed by atoms with van der Waals surface area (Å²) in [4.78, 5) is 16.0. The molecule has 2 rings (SSSR count). The Balaban J connectivity index is 1.90. The van der Waals surface area contributed by atoms with Crippen molar-refractivity contribution in [1.82, 2.24) is 10.3 Å². The summed E-state index contributed by atoms with van der Waals surface area (Å²) in [6.07, 6.45) is 1.71. The van der Waals surface area contributed by atoms with Crippen LogP contribution in [-0.2, 0) is 17.9 Å². The third-order valence-electron chi connectivity index (χ3n) is 3.01. The molecule has 5 nitrogen and oxygen atoms in total. The van der Waals surface area contributed by atoms with E-state index in [0.717, 1.165) is 16.7 Å². The van der Waals surface area contributed by atoms with Gasteiger partial charge in [-0.1, -0.05) is 30.3 Å². The average molecular weight is 285 g/mol. The number of urea groups is 1. The molecule has 0 fully saturated rings. The van der Waals surface area contributed by atoms with Crippen LogP contribution in [0.2, 0.25) is 0 Å². The van der Waals surface area contributed by atoms with E-state index >= 15 is 0 Å². The molecule has 1 heterocycles. The molecule has 0 aliphatic rings. The van der Waals surface area contributed by atoms with Crippen LogP contribution in [0, 0.1) is 6.92 Å². The monoisotopic (exact) mass is 285 g/mol. The summed E-state index contributed by atoms with van der Waals surface area (Å²) in [6.45, 7) is 2.92. The van der Waals surface area contributed by atoms with Crippen LogP contribution in [0.15, 0.2) is 42.6 Å². The van der Waals surface area contributed by atoms with Gasteiger partial charge in [0.05, 0.1) is 6.61 Å². The van der Waals surface area contributed by atoms with Gasteiger partial charge >= 0.3 is 6.03 Å². The van der Waals surface area contributed by atoms with Gasteiger partial charge in [0.25, 0.3) is 0 Å². The second-order valence-electron chi connectivity index (χ2n) is 4.73. The van der Waals surface area contributed by atoms with Crippen molar-refractivity contribution >= 4 is 11.8 Å². The number of ether oxygens (including phenoxy) is 1. The quantitative estimate of drug-likeness (QED) is 0.888. The molecule has 2 amide bonds. The zero-order valence-electron chi connectivity index (χ0n) is 12.2. The first-order valence-corrected chi connectivity index (χ1v) is 6.72. The van der Waals surface area contributed by atoms with Crippen LogP contribution in [0.4, 0.5) is 10.6 Å². The molecule has 0 radical (unpaired) electrons. The molecule has 2 N–H and O–H groups in total. The number of aromatic nitrogens is 1. The molecule has 110 valence electrons. The Hall–Kier alpha value is -2.40. The topological polar surface area (TPSA) is 63.2 Å². The van der Waals surface area contributed by atoms with E-state index in [0.29, 0.717) is 19.0 Å². The van der Waals surface area contributed by atoms with E-state index < -0.39 is 0 Å². The third kappa shape index (κ3) is 4.57. The molecule has 2 aromatic rings. The second kappa shape index (κ2) is 7.40. The van der Waals surface area contributed by atoms with Gasteiger partial charge in [-0.15, -0.1) is 0 Å². The number of anilines is 1. The molecular formula is C16H19N3O2. The molecule has 0 aliphatic heterocycles. The van der Waals surface area contributed by atoms with Gasteiger partial charge in [0, 0.05) is 19.9 Å². The number of carbonyl (C=O) groups is 1. The van der Waals surface area contributed by atoms with Gasteiger partial charge < -0.3 is 10.1 Å². The zero-order chi connectivity index (χ0) is 15.1. The van der Waals surface area contributed by atoms with E-state index in [1.165, 1.54) is 0 Å². The molecule has 0 unspecified atom stereocenters. The molecule has 5 heteroatoms. The molecule has 0 bridgehead atoms. The van der Waals surface area contributed by atoms with Crippen molar-refractivity contribution in [3.05, 3.63) is 59.3 Å². The number of benzene rings is 1. The molecule has 21 heavy (non-hydrogen) atoms. The van der Waals surface area contributed by atoms with Crippen LogP contribution >= 0.6 is 0 Å². The molecule has 1 aromatic carbocycles. The standard InChI is InChI=1S/C16H19N3O2/c1-12-7-8-15(17-9-12)19-16(20)18-10-13-5-3-4-6-14(13)11-21-2/h3-9H,10-11H2,1-2H3,(H2,17,18,19,20). The van der Waals surface area contributed by atoms with Crippen molar-refractivity contribution in [2.45, 2.75) is 20.1 Å². The van der Waals surface area contributed by atoms with Crippen LogP contribution in [0.3, 0.4) is 0 Å². The summed E-state index contributed by atoms with van der Waals surface area (Å²) in [5.41, 5.74) is 3.15. The Morgan fingerprint density at radius 3 is 2.62 bits per heavy atom. The summed E-state index contributed by atoms with van der Waals surface area (Å²) < 4.78 is 5.14. The number of rotatable bonds is 5. The Labute approximate surface area is 124 Å². The predicted octanol–water partition coefficient (Wildman–Crippen LogP) is 2.86. The number of hydrogen-bond acceptors (Lipinski definition) is 3. The molecule has 1 aromatic heterocycles. The van der Waals surface area contributed by atoms with E-state index in [9.17, 15) is 4.79 Å². The maximum Gasteiger partial charge on any atom is 0.320 e. The number of nitrogens with zero attached hydrogens (tertiary/aromatic N) is 1. The highest BCUT2D eigenvalue weighted by molar-refractivity contribution is 5.88. The number of carbonyl (C=O) groups excluding carboxylic acids is 1. The number of hydrogen-bond donors (Lipinski definition) is 2. The largest absolute Gasteiger partial charge is 0.380 e. The molecule has 0 atom stereocenters. The summed E-state index contributed by atoms with van der Waals surface area (Å²) in [5, 5.41) is 5.51. The fraction of sp³-hybridized carbons (Fsp3) is 0.250. The van der Waals surface area contributed by atoms with E-state index in [2.05, 4.69) is 15.6 Å². The number of methoxy groups -OCH3 is 1. The van der Waals surface area contributed by atoms with Gasteiger partial charge in [-0.2, -0.15) is 0 Å². The van der Waals surface area contributed by atoms with Crippen LogP contribution in [0.5, 0.6) is 0 Å². The van der Waals surface area contributed by atoms with E-state index in [4.69, 9.17) is 4.74 Å². The van der Waals surface area contributed by atoms with Gasteiger partial charge in [0.15, 0.2) is 0 Å². The van der Waals surface area contributed by atoms with Crippen LogP contribution in [0.25, 0.3) is 0 Å².